The Kier molecular flexibility index (Phi) is 5.67. The lowest BCUT2D eigenvalue weighted by atomic mass is 10.0. The average molecular weight is 489 g/mol. The molecule has 2 aromatic heterocycles. The first-order valence-electron chi connectivity index (χ1n) is 8.98. The molecule has 8 heteroatoms. The van der Waals surface area contributed by atoms with Crippen LogP contribution in [0.5, 0.6) is 0 Å². The van der Waals surface area contributed by atoms with Gasteiger partial charge in [0.1, 0.15) is 6.04 Å². The number of benzene rings is 1. The second-order valence-electron chi connectivity index (χ2n) is 6.37. The minimum atomic E-state index is -0.532. The maximum atomic E-state index is 13.3. The molecule has 1 aliphatic heterocycles. The van der Waals surface area contributed by atoms with Crippen molar-refractivity contribution in [3.05, 3.63) is 87.6 Å². The SMILES string of the molecule is CCOC(=O)C1=C(C)N=c2s/c(=C\c3cccc(Br)c3)c(=O)n2C1c1cccs1. The zero-order chi connectivity index (χ0) is 20.5. The van der Waals surface area contributed by atoms with E-state index in [1.165, 1.54) is 22.7 Å². The van der Waals surface area contributed by atoms with E-state index in [4.69, 9.17) is 4.74 Å². The zero-order valence-corrected chi connectivity index (χ0v) is 18.9. The zero-order valence-electron chi connectivity index (χ0n) is 15.7. The molecule has 0 radical (unpaired) electrons. The standard InChI is InChI=1S/C21H17BrN2O3S2/c1-3-27-20(26)17-12(2)23-21-24(18(17)15-8-5-9-28-15)19(25)16(29-21)11-13-6-4-7-14(22)10-13/h4-11,18H,3H2,1-2H3/b16-11-. The molecule has 0 fully saturated rings. The van der Waals surface area contributed by atoms with Gasteiger partial charge in [-0.3, -0.25) is 9.36 Å². The predicted molar refractivity (Wildman–Crippen MR) is 119 cm³/mol. The largest absolute Gasteiger partial charge is 0.463 e. The van der Waals surface area contributed by atoms with Gasteiger partial charge in [-0.05, 0) is 49.1 Å². The number of allylic oxidation sites excluding steroid dienone is 1. The van der Waals surface area contributed by atoms with Gasteiger partial charge in [0.2, 0.25) is 0 Å². The molecule has 0 amide bonds. The van der Waals surface area contributed by atoms with Crippen molar-refractivity contribution >= 4 is 50.6 Å². The second-order valence-corrected chi connectivity index (χ2v) is 9.28. The Balaban J connectivity index is 1.94. The Bertz CT molecular complexity index is 1290. The molecule has 4 rings (SSSR count). The number of ether oxygens (including phenoxy) is 1. The summed E-state index contributed by atoms with van der Waals surface area (Å²) in [5.74, 6) is -0.437. The molecule has 0 saturated heterocycles. The van der Waals surface area contributed by atoms with Gasteiger partial charge in [0, 0.05) is 9.35 Å². The molecule has 0 aliphatic carbocycles. The number of esters is 1. The third kappa shape index (κ3) is 3.80. The summed E-state index contributed by atoms with van der Waals surface area (Å²) >= 11 is 6.29. The maximum Gasteiger partial charge on any atom is 0.338 e. The number of hydrogen-bond donors (Lipinski definition) is 0. The van der Waals surface area contributed by atoms with Gasteiger partial charge in [0.25, 0.3) is 5.56 Å². The smallest absolute Gasteiger partial charge is 0.338 e. The summed E-state index contributed by atoms with van der Waals surface area (Å²) in [6.45, 7) is 3.82. The van der Waals surface area contributed by atoms with Gasteiger partial charge in [-0.1, -0.05) is 45.5 Å². The van der Waals surface area contributed by atoms with Crippen LogP contribution in [0, 0.1) is 0 Å². The number of thiazole rings is 1. The van der Waals surface area contributed by atoms with Crippen molar-refractivity contribution in [2.45, 2.75) is 19.9 Å². The van der Waals surface area contributed by atoms with Crippen molar-refractivity contribution < 1.29 is 9.53 Å². The second kappa shape index (κ2) is 8.22. The number of nitrogens with zero attached hydrogens (tertiary/aromatic N) is 2. The highest BCUT2D eigenvalue weighted by Crippen LogP contribution is 2.33. The molecule has 0 bridgehead atoms. The van der Waals surface area contributed by atoms with Crippen LogP contribution in [0.3, 0.4) is 0 Å². The Morgan fingerprint density at radius 1 is 1.34 bits per heavy atom. The van der Waals surface area contributed by atoms with Gasteiger partial charge >= 0.3 is 5.97 Å². The van der Waals surface area contributed by atoms with Crippen molar-refractivity contribution in [1.82, 2.24) is 4.57 Å². The molecule has 1 aromatic carbocycles. The lowest BCUT2D eigenvalue weighted by molar-refractivity contribution is -0.139. The maximum absolute atomic E-state index is 13.3. The van der Waals surface area contributed by atoms with E-state index < -0.39 is 12.0 Å². The first kappa shape index (κ1) is 20.0. The number of fused-ring (bicyclic) bond motifs is 1. The number of carbonyl (C=O) groups is 1. The Hall–Kier alpha value is -2.29. The van der Waals surface area contributed by atoms with Crippen LogP contribution in [0.4, 0.5) is 0 Å². The minimum Gasteiger partial charge on any atom is -0.463 e. The summed E-state index contributed by atoms with van der Waals surface area (Å²) in [5.41, 5.74) is 1.74. The molecule has 0 saturated carbocycles. The van der Waals surface area contributed by atoms with Crippen LogP contribution in [0.2, 0.25) is 0 Å². The summed E-state index contributed by atoms with van der Waals surface area (Å²) in [6, 6.07) is 11.1. The first-order valence-corrected chi connectivity index (χ1v) is 11.5. The monoisotopic (exact) mass is 488 g/mol. The van der Waals surface area contributed by atoms with Crippen molar-refractivity contribution in [3.8, 4) is 0 Å². The van der Waals surface area contributed by atoms with Crippen molar-refractivity contribution in [3.63, 3.8) is 0 Å². The van der Waals surface area contributed by atoms with Crippen LogP contribution in [0.1, 0.15) is 30.3 Å². The lowest BCUT2D eigenvalue weighted by Gasteiger charge is -2.23. The topological polar surface area (TPSA) is 60.7 Å². The van der Waals surface area contributed by atoms with Crippen LogP contribution in [0.15, 0.2) is 67.3 Å². The van der Waals surface area contributed by atoms with Gasteiger partial charge in [0.05, 0.1) is 22.4 Å². The van der Waals surface area contributed by atoms with E-state index in [2.05, 4.69) is 20.9 Å². The van der Waals surface area contributed by atoms with Crippen molar-refractivity contribution in [2.75, 3.05) is 6.61 Å². The molecule has 0 N–H and O–H groups in total. The fraction of sp³-hybridized carbons (Fsp3) is 0.190. The minimum absolute atomic E-state index is 0.165. The van der Waals surface area contributed by atoms with E-state index in [1.807, 2.05) is 47.9 Å². The number of hydrogen-bond acceptors (Lipinski definition) is 6. The van der Waals surface area contributed by atoms with Gasteiger partial charge in [0.15, 0.2) is 4.80 Å². The quantitative estimate of drug-likeness (QED) is 0.526. The molecular formula is C21H17BrN2O3S2. The fourth-order valence-electron chi connectivity index (χ4n) is 3.26. The van der Waals surface area contributed by atoms with E-state index in [-0.39, 0.29) is 12.2 Å². The number of aromatic nitrogens is 1. The number of carbonyl (C=O) groups excluding carboxylic acids is 1. The molecule has 1 unspecified atom stereocenters. The molecule has 0 spiro atoms. The summed E-state index contributed by atoms with van der Waals surface area (Å²) in [5, 5.41) is 1.94. The number of halogens is 1. The Labute approximate surface area is 183 Å². The van der Waals surface area contributed by atoms with E-state index in [0.29, 0.717) is 20.6 Å². The van der Waals surface area contributed by atoms with Gasteiger partial charge in [-0.25, -0.2) is 9.79 Å². The summed E-state index contributed by atoms with van der Waals surface area (Å²) in [7, 11) is 0. The van der Waals surface area contributed by atoms with E-state index in [1.54, 1.807) is 18.4 Å². The summed E-state index contributed by atoms with van der Waals surface area (Å²) < 4.78 is 8.40. The number of rotatable bonds is 4. The van der Waals surface area contributed by atoms with Crippen LogP contribution in [-0.2, 0) is 9.53 Å². The molecule has 148 valence electrons. The fourth-order valence-corrected chi connectivity index (χ4v) is 5.54. The van der Waals surface area contributed by atoms with Crippen molar-refractivity contribution in [1.29, 1.82) is 0 Å². The highest BCUT2D eigenvalue weighted by atomic mass is 79.9. The summed E-state index contributed by atoms with van der Waals surface area (Å²) in [4.78, 5) is 32.1. The molecule has 3 heterocycles. The van der Waals surface area contributed by atoms with Gasteiger partial charge < -0.3 is 4.74 Å². The van der Waals surface area contributed by atoms with Crippen LogP contribution >= 0.6 is 38.6 Å². The van der Waals surface area contributed by atoms with E-state index >= 15 is 0 Å². The molecule has 1 atom stereocenters. The molecule has 3 aromatic rings. The van der Waals surface area contributed by atoms with Crippen LogP contribution in [0.25, 0.3) is 6.08 Å². The third-order valence-corrected chi connectivity index (χ3v) is 6.88. The van der Waals surface area contributed by atoms with Gasteiger partial charge in [-0.15, -0.1) is 11.3 Å². The van der Waals surface area contributed by atoms with Gasteiger partial charge in [-0.2, -0.15) is 0 Å². The Morgan fingerprint density at radius 2 is 2.17 bits per heavy atom. The van der Waals surface area contributed by atoms with E-state index in [0.717, 1.165) is 14.9 Å². The molecule has 1 aliphatic rings. The van der Waals surface area contributed by atoms with E-state index in [9.17, 15) is 9.59 Å². The lowest BCUT2D eigenvalue weighted by Crippen LogP contribution is -2.39. The Morgan fingerprint density at radius 3 is 2.86 bits per heavy atom. The third-order valence-electron chi connectivity index (χ3n) is 4.48. The molecule has 5 nitrogen and oxygen atoms in total. The highest BCUT2D eigenvalue weighted by molar-refractivity contribution is 9.10. The predicted octanol–water partition coefficient (Wildman–Crippen LogP) is 3.62. The van der Waals surface area contributed by atoms with Crippen LogP contribution in [-0.4, -0.2) is 17.1 Å². The highest BCUT2D eigenvalue weighted by Gasteiger charge is 2.33. The van der Waals surface area contributed by atoms with Crippen molar-refractivity contribution in [2.24, 2.45) is 4.99 Å². The molecule has 29 heavy (non-hydrogen) atoms. The molecular weight excluding hydrogens is 472 g/mol. The number of thiophene rings is 1. The normalized spacial score (nSPS) is 16.5. The summed E-state index contributed by atoms with van der Waals surface area (Å²) in [6.07, 6.45) is 1.85. The average Bonchev–Trinajstić information content (AvgIpc) is 3.30. The van der Waals surface area contributed by atoms with Crippen LogP contribution < -0.4 is 14.9 Å². The first-order chi connectivity index (χ1) is 14.0.